The molecule has 0 nitrogen and oxygen atoms in total. The largest absolute Gasteiger partial charge is 1.00 e. The van der Waals surface area contributed by atoms with E-state index in [-0.39, 0.29) is 24.8 Å². The van der Waals surface area contributed by atoms with E-state index in [4.69, 9.17) is 0 Å². The molecule has 0 aromatic rings. The average Bonchev–Trinajstić information content (AvgIpc) is 2.81. The van der Waals surface area contributed by atoms with Crippen molar-refractivity contribution in [1.82, 2.24) is 0 Å². The summed E-state index contributed by atoms with van der Waals surface area (Å²) in [6.45, 7) is 8.42. The molecule has 3 heteroatoms. The molecule has 100 valence electrons. The molecule has 0 heterocycles. The second kappa shape index (κ2) is 13.7. The Bertz CT molecular complexity index is 322. The Morgan fingerprint density at radius 2 is 1.78 bits per heavy atom. The zero-order valence-electron chi connectivity index (χ0n) is 11.5. The zero-order valence-corrected chi connectivity index (χ0v) is 15.4. The molecule has 0 fully saturated rings. The molecular weight excluding hydrogens is 342 g/mol. The molecule has 0 aromatic carbocycles. The summed E-state index contributed by atoms with van der Waals surface area (Å²) in [5, 5.41) is 0. The van der Waals surface area contributed by atoms with Crippen LogP contribution in [0.15, 0.2) is 34.9 Å². The fourth-order valence-corrected chi connectivity index (χ4v) is 1.39. The number of hydrogen-bond donors (Lipinski definition) is 0. The molecule has 2 rings (SSSR count). The van der Waals surface area contributed by atoms with E-state index in [9.17, 15) is 0 Å². The van der Waals surface area contributed by atoms with Crippen molar-refractivity contribution in [1.29, 1.82) is 0 Å². The van der Waals surface area contributed by atoms with Crippen LogP contribution >= 0.6 is 0 Å². The molecule has 0 bridgehead atoms. The first-order valence-corrected chi connectivity index (χ1v) is 7.21. The van der Waals surface area contributed by atoms with E-state index in [2.05, 4.69) is 62.3 Å². The minimum Gasteiger partial charge on any atom is -1.00 e. The molecule has 1 atom stereocenters. The molecule has 0 amide bonds. The summed E-state index contributed by atoms with van der Waals surface area (Å²) in [4.78, 5) is 0. The van der Waals surface area contributed by atoms with Crippen molar-refractivity contribution in [2.24, 2.45) is 5.92 Å². The van der Waals surface area contributed by atoms with Crippen LogP contribution in [0.2, 0.25) is 0 Å². The van der Waals surface area contributed by atoms with Gasteiger partial charge in [0.05, 0.1) is 0 Å². The van der Waals surface area contributed by atoms with Crippen molar-refractivity contribution in [2.75, 3.05) is 0 Å². The maximum atomic E-state index is 3.34. The van der Waals surface area contributed by atoms with Gasteiger partial charge < -0.3 is 24.8 Å². The Hall–Kier alpha value is 0.293. The van der Waals surface area contributed by atoms with Gasteiger partial charge in [-0.15, -0.1) is 13.3 Å². The average molecular weight is 362 g/mol. The SMILES string of the molecule is CC1=[C-]C(C)C=C1.CC1=[C-]CC=C1C.[CH2]=[Zr+2].[Cl-].[Cl-]. The molecule has 0 radical (unpaired) electrons. The molecule has 0 spiro atoms. The zero-order chi connectivity index (χ0) is 12.6. The topological polar surface area (TPSA) is 0 Å². The number of halogens is 2. The number of rotatable bonds is 0. The van der Waals surface area contributed by atoms with Gasteiger partial charge in [0.15, 0.2) is 0 Å². The summed E-state index contributed by atoms with van der Waals surface area (Å²) >= 11 is 1.30. The maximum absolute atomic E-state index is 3.34. The minimum absolute atomic E-state index is 0. The van der Waals surface area contributed by atoms with Gasteiger partial charge in [-0.1, -0.05) is 26.7 Å². The fourth-order valence-electron chi connectivity index (χ4n) is 1.39. The minimum atomic E-state index is 0. The van der Waals surface area contributed by atoms with Crippen LogP contribution in [-0.4, -0.2) is 4.21 Å². The van der Waals surface area contributed by atoms with Crippen molar-refractivity contribution in [3.63, 3.8) is 0 Å². The van der Waals surface area contributed by atoms with Crippen molar-refractivity contribution >= 4 is 4.21 Å². The molecule has 2 aliphatic rings. The molecule has 0 aliphatic heterocycles. The van der Waals surface area contributed by atoms with Gasteiger partial charge >= 0.3 is 28.4 Å². The molecular formula is C15H20Cl2Zr-2. The standard InChI is InChI=1S/2C7H9.CH2.2ClH.Zr/c1-6-3-4-7(2)5-6;1-6-4-3-5-7(6)2;;;;/h3-4,6H,1-2H3;4H,3H2,1-2H3;1H2;2*1H;/q2*-1;;;;+2/p-2. The summed E-state index contributed by atoms with van der Waals surface area (Å²) in [7, 11) is 0. The van der Waals surface area contributed by atoms with Crippen LogP contribution in [0.5, 0.6) is 0 Å². The molecule has 1 unspecified atom stereocenters. The van der Waals surface area contributed by atoms with Crippen LogP contribution in [0.3, 0.4) is 0 Å². The third kappa shape index (κ3) is 10.2. The maximum Gasteiger partial charge on any atom is -1.00 e. The fraction of sp³-hybridized carbons (Fsp3) is 0.400. The van der Waals surface area contributed by atoms with Crippen LogP contribution in [0.4, 0.5) is 0 Å². The van der Waals surface area contributed by atoms with Crippen molar-refractivity contribution in [2.45, 2.75) is 34.1 Å². The molecule has 2 aliphatic carbocycles. The first-order valence-electron chi connectivity index (χ1n) is 5.48. The Balaban J connectivity index is -0.000000200. The monoisotopic (exact) mass is 360 g/mol. The third-order valence-corrected chi connectivity index (χ3v) is 2.46. The van der Waals surface area contributed by atoms with E-state index in [0.717, 1.165) is 6.42 Å². The molecule has 0 aromatic heterocycles. The molecule has 0 saturated heterocycles. The van der Waals surface area contributed by atoms with Gasteiger partial charge in [0.2, 0.25) is 0 Å². The van der Waals surface area contributed by atoms with Gasteiger partial charge in [-0.25, -0.2) is 22.8 Å². The van der Waals surface area contributed by atoms with E-state index in [0.29, 0.717) is 5.92 Å². The summed E-state index contributed by atoms with van der Waals surface area (Å²) in [6.07, 6.45) is 13.9. The third-order valence-electron chi connectivity index (χ3n) is 2.46. The van der Waals surface area contributed by atoms with Crippen LogP contribution < -0.4 is 24.8 Å². The van der Waals surface area contributed by atoms with E-state index >= 15 is 0 Å². The van der Waals surface area contributed by atoms with E-state index in [1.54, 1.807) is 0 Å². The quantitative estimate of drug-likeness (QED) is 0.438. The predicted octanol–water partition coefficient (Wildman–Crippen LogP) is -2.00. The van der Waals surface area contributed by atoms with E-state index < -0.39 is 0 Å². The van der Waals surface area contributed by atoms with Gasteiger partial charge in [0.25, 0.3) is 0 Å². The Morgan fingerprint density at radius 3 is 1.89 bits per heavy atom. The second-order valence-electron chi connectivity index (χ2n) is 3.87. The van der Waals surface area contributed by atoms with Crippen molar-refractivity contribution in [3.8, 4) is 0 Å². The van der Waals surface area contributed by atoms with Crippen LogP contribution in [0.25, 0.3) is 0 Å². The summed E-state index contributed by atoms with van der Waals surface area (Å²) in [6, 6.07) is 0. The summed E-state index contributed by atoms with van der Waals surface area (Å²) in [5.41, 5.74) is 3.98. The van der Waals surface area contributed by atoms with Crippen LogP contribution in [0, 0.1) is 18.1 Å². The van der Waals surface area contributed by atoms with Gasteiger partial charge in [-0.2, -0.15) is 12.2 Å². The van der Waals surface area contributed by atoms with Crippen LogP contribution in [-0.2, 0) is 24.2 Å². The van der Waals surface area contributed by atoms with Crippen molar-refractivity contribution in [3.05, 3.63) is 47.1 Å². The summed E-state index contributed by atoms with van der Waals surface area (Å²) < 4.78 is 3.34. The predicted molar refractivity (Wildman–Crippen MR) is 68.7 cm³/mol. The number of hydrogen-bond acceptors (Lipinski definition) is 0. The Labute approximate surface area is 139 Å². The number of allylic oxidation sites excluding steroid dienone is 8. The Morgan fingerprint density at radius 1 is 1.22 bits per heavy atom. The van der Waals surface area contributed by atoms with Gasteiger partial charge in [-0.3, -0.25) is 12.2 Å². The van der Waals surface area contributed by atoms with Gasteiger partial charge in [0.1, 0.15) is 0 Å². The van der Waals surface area contributed by atoms with E-state index in [1.165, 1.54) is 41.0 Å². The molecule has 0 N–H and O–H groups in total. The second-order valence-corrected chi connectivity index (χ2v) is 3.87. The molecule has 0 saturated carbocycles. The van der Waals surface area contributed by atoms with Gasteiger partial charge in [-0.05, 0) is 0 Å². The van der Waals surface area contributed by atoms with Gasteiger partial charge in [0, 0.05) is 0 Å². The summed E-state index contributed by atoms with van der Waals surface area (Å²) in [5.74, 6) is 0.556. The first kappa shape index (κ1) is 23.4. The van der Waals surface area contributed by atoms with E-state index in [1.807, 2.05) is 0 Å². The molecule has 18 heavy (non-hydrogen) atoms. The normalized spacial score (nSPS) is 18.8. The smallest absolute Gasteiger partial charge is 1.00 e. The first-order chi connectivity index (χ1) is 7.59. The Kier molecular flexibility index (Phi) is 17.8. The van der Waals surface area contributed by atoms with Crippen molar-refractivity contribution < 1.29 is 49.0 Å². The van der Waals surface area contributed by atoms with Crippen LogP contribution in [0.1, 0.15) is 34.1 Å².